The van der Waals surface area contributed by atoms with Gasteiger partial charge in [-0.25, -0.2) is 4.39 Å². The average Bonchev–Trinajstić information content (AvgIpc) is 2.69. The number of pyridine rings is 1. The Kier molecular flexibility index (Phi) is 5.81. The van der Waals surface area contributed by atoms with Crippen LogP contribution in [0.5, 0.6) is 5.75 Å². The molecule has 27 heavy (non-hydrogen) atoms. The number of carbonyl (C=O) groups is 1. The number of aromatic nitrogens is 1. The summed E-state index contributed by atoms with van der Waals surface area (Å²) >= 11 is 0. The summed E-state index contributed by atoms with van der Waals surface area (Å²) in [5.74, 6) is -0.687. The predicted molar refractivity (Wildman–Crippen MR) is 102 cm³/mol. The second kappa shape index (κ2) is 8.45. The number of halogens is 1. The predicted octanol–water partition coefficient (Wildman–Crippen LogP) is 4.38. The van der Waals surface area contributed by atoms with Crippen LogP contribution in [-0.4, -0.2) is 22.9 Å². The monoisotopic (exact) mass is 364 g/mol. The summed E-state index contributed by atoms with van der Waals surface area (Å²) in [4.78, 5) is 18.9. The Morgan fingerprint density at radius 2 is 1.93 bits per heavy atom. The van der Waals surface area contributed by atoms with Gasteiger partial charge in [-0.1, -0.05) is 30.3 Å². The zero-order valence-electron chi connectivity index (χ0n) is 15.4. The number of hydrogen-bond donors (Lipinski definition) is 0. The molecule has 0 aliphatic carbocycles. The molecule has 3 aromatic rings. The van der Waals surface area contributed by atoms with Gasteiger partial charge in [0.05, 0.1) is 7.11 Å². The fourth-order valence-electron chi connectivity index (χ4n) is 2.89. The van der Waals surface area contributed by atoms with Crippen LogP contribution in [-0.2, 0) is 13.1 Å². The Hall–Kier alpha value is -3.21. The van der Waals surface area contributed by atoms with Gasteiger partial charge in [-0.05, 0) is 47.9 Å². The van der Waals surface area contributed by atoms with Gasteiger partial charge in [-0.3, -0.25) is 9.78 Å². The molecule has 0 radical (unpaired) electrons. The van der Waals surface area contributed by atoms with Crippen LogP contribution in [0.15, 0.2) is 67.0 Å². The maximum Gasteiger partial charge on any atom is 0.254 e. The summed E-state index contributed by atoms with van der Waals surface area (Å²) < 4.78 is 19.0. The molecule has 0 bridgehead atoms. The Balaban J connectivity index is 1.91. The molecule has 1 amide bonds. The van der Waals surface area contributed by atoms with Gasteiger partial charge in [0.25, 0.3) is 5.91 Å². The van der Waals surface area contributed by atoms with Gasteiger partial charge >= 0.3 is 0 Å². The minimum atomic E-state index is -0.555. The molecule has 1 aromatic heterocycles. The first kappa shape index (κ1) is 18.6. The molecule has 1 heterocycles. The van der Waals surface area contributed by atoms with Crippen molar-refractivity contribution in [3.8, 4) is 5.75 Å². The second-order valence-corrected chi connectivity index (χ2v) is 6.30. The zero-order chi connectivity index (χ0) is 19.2. The van der Waals surface area contributed by atoms with E-state index in [2.05, 4.69) is 4.98 Å². The van der Waals surface area contributed by atoms with Gasteiger partial charge in [0.15, 0.2) is 11.6 Å². The number of carbonyl (C=O) groups excluding carboxylic acids is 1. The summed E-state index contributed by atoms with van der Waals surface area (Å²) in [6.07, 6.45) is 3.42. The van der Waals surface area contributed by atoms with Crippen LogP contribution in [0.1, 0.15) is 27.0 Å². The molecule has 0 aliphatic heterocycles. The van der Waals surface area contributed by atoms with Crippen molar-refractivity contribution in [2.24, 2.45) is 0 Å². The lowest BCUT2D eigenvalue weighted by molar-refractivity contribution is 0.0729. The minimum Gasteiger partial charge on any atom is -0.494 e. The number of nitrogens with zero attached hydrogens (tertiary/aromatic N) is 2. The number of aryl methyl sites for hydroxylation is 1. The molecule has 138 valence electrons. The van der Waals surface area contributed by atoms with Crippen LogP contribution in [0.3, 0.4) is 0 Å². The van der Waals surface area contributed by atoms with E-state index < -0.39 is 5.82 Å². The van der Waals surface area contributed by atoms with E-state index in [0.717, 1.165) is 16.7 Å². The normalized spacial score (nSPS) is 10.5. The highest BCUT2D eigenvalue weighted by Gasteiger charge is 2.19. The molecule has 0 fully saturated rings. The molecule has 3 rings (SSSR count). The average molecular weight is 364 g/mol. The number of benzene rings is 2. The number of hydrogen-bond acceptors (Lipinski definition) is 3. The Morgan fingerprint density at radius 1 is 1.11 bits per heavy atom. The van der Waals surface area contributed by atoms with Crippen LogP contribution in [0.25, 0.3) is 0 Å². The fourth-order valence-corrected chi connectivity index (χ4v) is 2.89. The molecule has 0 atom stereocenters. The molecule has 5 heteroatoms. The van der Waals surface area contributed by atoms with E-state index in [4.69, 9.17) is 4.74 Å². The van der Waals surface area contributed by atoms with Gasteiger partial charge in [0, 0.05) is 31.0 Å². The van der Waals surface area contributed by atoms with Crippen molar-refractivity contribution in [2.75, 3.05) is 7.11 Å². The molecule has 0 saturated heterocycles. The van der Waals surface area contributed by atoms with Gasteiger partial charge in [0.1, 0.15) is 0 Å². The van der Waals surface area contributed by atoms with E-state index in [1.165, 1.54) is 19.2 Å². The van der Waals surface area contributed by atoms with Crippen molar-refractivity contribution in [3.63, 3.8) is 0 Å². The van der Waals surface area contributed by atoms with E-state index in [0.29, 0.717) is 13.1 Å². The van der Waals surface area contributed by atoms with E-state index in [9.17, 15) is 9.18 Å². The number of methoxy groups -OCH3 is 1. The van der Waals surface area contributed by atoms with Crippen molar-refractivity contribution in [2.45, 2.75) is 20.0 Å². The smallest absolute Gasteiger partial charge is 0.254 e. The standard InChI is InChI=1S/C22H21FN2O2/c1-16-6-3-4-8-19(16)15-25(14-17-7-5-11-24-13-17)22(26)18-9-10-21(27-2)20(23)12-18/h3-13H,14-15H2,1-2H3. The molecule has 0 saturated carbocycles. The van der Waals surface area contributed by atoms with E-state index >= 15 is 0 Å². The maximum atomic E-state index is 14.1. The molecule has 4 nitrogen and oxygen atoms in total. The molecular formula is C22H21FN2O2. The Morgan fingerprint density at radius 3 is 2.59 bits per heavy atom. The quantitative estimate of drug-likeness (QED) is 0.652. The third-order valence-corrected chi connectivity index (χ3v) is 4.40. The summed E-state index contributed by atoms with van der Waals surface area (Å²) in [5, 5.41) is 0. The summed E-state index contributed by atoms with van der Waals surface area (Å²) in [5.41, 5.74) is 3.34. The van der Waals surface area contributed by atoms with E-state index in [1.807, 2.05) is 43.3 Å². The second-order valence-electron chi connectivity index (χ2n) is 6.30. The molecule has 0 spiro atoms. The minimum absolute atomic E-state index is 0.115. The molecule has 0 unspecified atom stereocenters. The first-order valence-electron chi connectivity index (χ1n) is 8.64. The first-order valence-corrected chi connectivity index (χ1v) is 8.64. The van der Waals surface area contributed by atoms with Crippen molar-refractivity contribution < 1.29 is 13.9 Å². The fraction of sp³-hybridized carbons (Fsp3) is 0.182. The Bertz CT molecular complexity index is 929. The van der Waals surface area contributed by atoms with Crippen LogP contribution in [0.4, 0.5) is 4.39 Å². The summed E-state index contributed by atoms with van der Waals surface area (Å²) in [7, 11) is 1.40. The highest BCUT2D eigenvalue weighted by Crippen LogP contribution is 2.21. The van der Waals surface area contributed by atoms with Crippen LogP contribution < -0.4 is 4.74 Å². The Labute approximate surface area is 158 Å². The van der Waals surface area contributed by atoms with E-state index in [1.54, 1.807) is 23.4 Å². The lowest BCUT2D eigenvalue weighted by Gasteiger charge is -2.24. The lowest BCUT2D eigenvalue weighted by atomic mass is 10.1. The molecular weight excluding hydrogens is 343 g/mol. The van der Waals surface area contributed by atoms with E-state index in [-0.39, 0.29) is 17.2 Å². The van der Waals surface area contributed by atoms with Crippen LogP contribution in [0, 0.1) is 12.7 Å². The number of rotatable bonds is 6. The van der Waals surface area contributed by atoms with Gasteiger partial charge in [-0.2, -0.15) is 0 Å². The first-order chi connectivity index (χ1) is 13.1. The van der Waals surface area contributed by atoms with Crippen molar-refractivity contribution in [1.82, 2.24) is 9.88 Å². The van der Waals surface area contributed by atoms with Crippen molar-refractivity contribution >= 4 is 5.91 Å². The lowest BCUT2D eigenvalue weighted by Crippen LogP contribution is -2.30. The maximum absolute atomic E-state index is 14.1. The van der Waals surface area contributed by atoms with Gasteiger partial charge < -0.3 is 9.64 Å². The van der Waals surface area contributed by atoms with Crippen molar-refractivity contribution in [1.29, 1.82) is 0 Å². The molecule has 0 aliphatic rings. The summed E-state index contributed by atoms with van der Waals surface area (Å²) in [6, 6.07) is 15.9. The topological polar surface area (TPSA) is 42.4 Å². The third kappa shape index (κ3) is 4.50. The van der Waals surface area contributed by atoms with Gasteiger partial charge in [0.2, 0.25) is 0 Å². The number of ether oxygens (including phenoxy) is 1. The third-order valence-electron chi connectivity index (χ3n) is 4.40. The van der Waals surface area contributed by atoms with Crippen molar-refractivity contribution in [3.05, 3.63) is 95.1 Å². The molecule has 0 N–H and O–H groups in total. The largest absolute Gasteiger partial charge is 0.494 e. The zero-order valence-corrected chi connectivity index (χ0v) is 15.4. The van der Waals surface area contributed by atoms with Gasteiger partial charge in [-0.15, -0.1) is 0 Å². The molecule has 2 aromatic carbocycles. The highest BCUT2D eigenvalue weighted by molar-refractivity contribution is 5.94. The number of amides is 1. The van der Waals surface area contributed by atoms with Crippen LogP contribution in [0.2, 0.25) is 0 Å². The SMILES string of the molecule is COc1ccc(C(=O)N(Cc2cccnc2)Cc2ccccc2C)cc1F. The highest BCUT2D eigenvalue weighted by atomic mass is 19.1. The van der Waals surface area contributed by atoms with Crippen LogP contribution >= 0.6 is 0 Å². The summed E-state index contributed by atoms with van der Waals surface area (Å²) in [6.45, 7) is 2.82.